The summed E-state index contributed by atoms with van der Waals surface area (Å²) in [5.74, 6) is -1.01. The molecular formula is C14H17FO4. The molecule has 19 heavy (non-hydrogen) atoms. The minimum absolute atomic E-state index is 0.151. The molecule has 0 aromatic heterocycles. The van der Waals surface area contributed by atoms with Crippen LogP contribution in [0.1, 0.15) is 24.8 Å². The molecule has 0 bridgehead atoms. The van der Waals surface area contributed by atoms with Crippen LogP contribution in [-0.4, -0.2) is 25.5 Å². The van der Waals surface area contributed by atoms with E-state index in [2.05, 4.69) is 4.74 Å². The van der Waals surface area contributed by atoms with Gasteiger partial charge < -0.3 is 9.47 Å². The van der Waals surface area contributed by atoms with Crippen LogP contribution >= 0.6 is 0 Å². The molecule has 1 aromatic carbocycles. The third-order valence-corrected chi connectivity index (χ3v) is 2.61. The Morgan fingerprint density at radius 3 is 2.63 bits per heavy atom. The first-order valence-electron chi connectivity index (χ1n) is 6.04. The highest BCUT2D eigenvalue weighted by molar-refractivity contribution is 6.33. The number of halogens is 1. The van der Waals surface area contributed by atoms with Crippen molar-refractivity contribution in [3.63, 3.8) is 0 Å². The summed E-state index contributed by atoms with van der Waals surface area (Å²) in [5.41, 5.74) is 0.727. The van der Waals surface area contributed by atoms with E-state index in [1.54, 1.807) is 13.0 Å². The van der Waals surface area contributed by atoms with Gasteiger partial charge in [0.15, 0.2) is 0 Å². The van der Waals surface area contributed by atoms with E-state index in [1.165, 1.54) is 19.2 Å². The molecule has 104 valence electrons. The fourth-order valence-corrected chi connectivity index (χ4v) is 1.56. The Morgan fingerprint density at radius 2 is 2.00 bits per heavy atom. The summed E-state index contributed by atoms with van der Waals surface area (Å²) in [6.45, 7) is 2.18. The van der Waals surface area contributed by atoms with Gasteiger partial charge in [-0.3, -0.25) is 4.79 Å². The molecule has 0 aliphatic rings. The molecule has 5 heteroatoms. The van der Waals surface area contributed by atoms with E-state index in [0.29, 0.717) is 25.2 Å². The first-order valence-corrected chi connectivity index (χ1v) is 6.04. The number of ether oxygens (including phenoxy) is 2. The number of carbonyl (C=O) groups is 2. The predicted molar refractivity (Wildman–Crippen MR) is 67.5 cm³/mol. The third-order valence-electron chi connectivity index (χ3n) is 2.61. The Hall–Kier alpha value is -1.91. The average Bonchev–Trinajstić information content (AvgIpc) is 2.39. The molecule has 0 amide bonds. The van der Waals surface area contributed by atoms with Gasteiger partial charge in [0.05, 0.1) is 13.7 Å². The molecule has 0 saturated heterocycles. The number of methoxy groups -OCH3 is 1. The molecular weight excluding hydrogens is 251 g/mol. The molecule has 0 aliphatic heterocycles. The normalized spacial score (nSPS) is 10.1. The standard InChI is InChI=1S/C14H17FO4/c1-10-9-11(15)6-7-13(10)19-8-4-3-5-12(16)14(17)18-2/h6-7,9H,3-5,8H2,1-2H3. The highest BCUT2D eigenvalue weighted by Crippen LogP contribution is 2.18. The number of aryl methyl sites for hydroxylation is 1. The third kappa shape index (κ3) is 5.07. The van der Waals surface area contributed by atoms with Crippen molar-refractivity contribution in [2.75, 3.05) is 13.7 Å². The minimum Gasteiger partial charge on any atom is -0.493 e. The molecule has 1 rings (SSSR count). The average molecular weight is 268 g/mol. The van der Waals surface area contributed by atoms with E-state index in [-0.39, 0.29) is 12.2 Å². The molecule has 0 heterocycles. The molecule has 4 nitrogen and oxygen atoms in total. The lowest BCUT2D eigenvalue weighted by molar-refractivity contribution is -0.151. The van der Waals surface area contributed by atoms with Crippen molar-refractivity contribution < 1.29 is 23.5 Å². The number of carbonyl (C=O) groups excluding carboxylic acids is 2. The minimum atomic E-state index is -0.810. The molecule has 0 radical (unpaired) electrons. The van der Waals surface area contributed by atoms with E-state index >= 15 is 0 Å². The summed E-state index contributed by atoms with van der Waals surface area (Å²) < 4.78 is 22.6. The van der Waals surface area contributed by atoms with Crippen molar-refractivity contribution in [3.8, 4) is 5.75 Å². The lowest BCUT2D eigenvalue weighted by Crippen LogP contribution is -2.15. The lowest BCUT2D eigenvalue weighted by atomic mass is 10.2. The maximum Gasteiger partial charge on any atom is 0.374 e. The smallest absolute Gasteiger partial charge is 0.374 e. The van der Waals surface area contributed by atoms with Gasteiger partial charge >= 0.3 is 5.97 Å². The van der Waals surface area contributed by atoms with Gasteiger partial charge in [-0.05, 0) is 43.5 Å². The Balaban J connectivity index is 2.24. The van der Waals surface area contributed by atoms with Gasteiger partial charge in [0.1, 0.15) is 11.6 Å². The summed E-state index contributed by atoms with van der Waals surface area (Å²) in [4.78, 5) is 22.0. The molecule has 0 aliphatic carbocycles. The van der Waals surface area contributed by atoms with Crippen LogP contribution in [0.2, 0.25) is 0 Å². The fraction of sp³-hybridized carbons (Fsp3) is 0.429. The van der Waals surface area contributed by atoms with E-state index in [9.17, 15) is 14.0 Å². The lowest BCUT2D eigenvalue weighted by Gasteiger charge is -2.08. The number of esters is 1. The summed E-state index contributed by atoms with van der Waals surface area (Å²) >= 11 is 0. The number of Topliss-reactive ketones (excluding diaryl/α,β-unsaturated/α-hetero) is 1. The Bertz CT molecular complexity index is 457. The topological polar surface area (TPSA) is 52.6 Å². The van der Waals surface area contributed by atoms with Crippen LogP contribution in [0.25, 0.3) is 0 Å². The zero-order valence-corrected chi connectivity index (χ0v) is 11.1. The van der Waals surface area contributed by atoms with Crippen molar-refractivity contribution in [1.29, 1.82) is 0 Å². The largest absolute Gasteiger partial charge is 0.493 e. The van der Waals surface area contributed by atoms with Crippen LogP contribution in [0, 0.1) is 12.7 Å². The van der Waals surface area contributed by atoms with Crippen LogP contribution in [0.5, 0.6) is 5.75 Å². The summed E-state index contributed by atoms with van der Waals surface area (Å²) in [5, 5.41) is 0. The molecule has 1 aromatic rings. The van der Waals surface area contributed by atoms with Crippen molar-refractivity contribution in [2.24, 2.45) is 0 Å². The number of rotatable bonds is 7. The number of hydrogen-bond donors (Lipinski definition) is 0. The highest BCUT2D eigenvalue weighted by Gasteiger charge is 2.12. The molecule has 0 saturated carbocycles. The van der Waals surface area contributed by atoms with Crippen molar-refractivity contribution in [3.05, 3.63) is 29.6 Å². The first-order chi connectivity index (χ1) is 9.04. The number of benzene rings is 1. The van der Waals surface area contributed by atoms with Crippen LogP contribution in [0.3, 0.4) is 0 Å². The summed E-state index contributed by atoms with van der Waals surface area (Å²) in [6, 6.07) is 4.31. The maximum absolute atomic E-state index is 12.9. The predicted octanol–water partition coefficient (Wildman–Crippen LogP) is 2.43. The van der Waals surface area contributed by atoms with Gasteiger partial charge in [0.25, 0.3) is 0 Å². The fourth-order valence-electron chi connectivity index (χ4n) is 1.56. The van der Waals surface area contributed by atoms with Gasteiger partial charge in [-0.15, -0.1) is 0 Å². The maximum atomic E-state index is 12.9. The summed E-state index contributed by atoms with van der Waals surface area (Å²) in [7, 11) is 1.18. The monoisotopic (exact) mass is 268 g/mol. The molecule has 0 N–H and O–H groups in total. The van der Waals surface area contributed by atoms with Crippen LogP contribution in [0.15, 0.2) is 18.2 Å². The van der Waals surface area contributed by atoms with E-state index in [4.69, 9.17) is 4.74 Å². The number of hydrogen-bond acceptors (Lipinski definition) is 4. The molecule has 0 unspecified atom stereocenters. The second-order valence-electron chi connectivity index (χ2n) is 4.13. The van der Waals surface area contributed by atoms with Gasteiger partial charge in [-0.25, -0.2) is 9.18 Å². The van der Waals surface area contributed by atoms with E-state index < -0.39 is 11.8 Å². The summed E-state index contributed by atoms with van der Waals surface area (Å²) in [6.07, 6.45) is 1.34. The molecule has 0 atom stereocenters. The van der Waals surface area contributed by atoms with Gasteiger partial charge in [-0.2, -0.15) is 0 Å². The Labute approximate surface area is 111 Å². The second-order valence-corrected chi connectivity index (χ2v) is 4.13. The molecule has 0 fully saturated rings. The number of unbranched alkanes of at least 4 members (excludes halogenated alkanes) is 1. The molecule has 0 spiro atoms. The van der Waals surface area contributed by atoms with Gasteiger partial charge in [0, 0.05) is 6.42 Å². The first kappa shape index (κ1) is 15.1. The van der Waals surface area contributed by atoms with Gasteiger partial charge in [-0.1, -0.05) is 0 Å². The quantitative estimate of drug-likeness (QED) is 0.433. The van der Waals surface area contributed by atoms with Crippen molar-refractivity contribution >= 4 is 11.8 Å². The van der Waals surface area contributed by atoms with E-state index in [1.807, 2.05) is 0 Å². The zero-order chi connectivity index (χ0) is 14.3. The number of ketones is 1. The van der Waals surface area contributed by atoms with Gasteiger partial charge in [0.2, 0.25) is 5.78 Å². The van der Waals surface area contributed by atoms with Crippen LogP contribution in [-0.2, 0) is 14.3 Å². The van der Waals surface area contributed by atoms with Crippen LogP contribution in [0.4, 0.5) is 4.39 Å². The van der Waals surface area contributed by atoms with Crippen molar-refractivity contribution in [2.45, 2.75) is 26.2 Å². The SMILES string of the molecule is COC(=O)C(=O)CCCCOc1ccc(F)cc1C. The van der Waals surface area contributed by atoms with Crippen LogP contribution < -0.4 is 4.74 Å². The zero-order valence-electron chi connectivity index (χ0n) is 11.1. The Morgan fingerprint density at radius 1 is 1.26 bits per heavy atom. The Kier molecular flexibility index (Phi) is 5.99. The van der Waals surface area contributed by atoms with E-state index in [0.717, 1.165) is 5.56 Å². The highest BCUT2D eigenvalue weighted by atomic mass is 19.1. The van der Waals surface area contributed by atoms with Crippen molar-refractivity contribution in [1.82, 2.24) is 0 Å². The second kappa shape index (κ2) is 7.51.